The minimum absolute atomic E-state index is 0.149. The summed E-state index contributed by atoms with van der Waals surface area (Å²) in [6.07, 6.45) is 0.407. The molecule has 3 rings (SSSR count). The lowest BCUT2D eigenvalue weighted by Gasteiger charge is -2.34. The van der Waals surface area contributed by atoms with Crippen molar-refractivity contribution < 1.29 is 14.3 Å². The van der Waals surface area contributed by atoms with Gasteiger partial charge in [0.25, 0.3) is 5.91 Å². The first-order valence-corrected chi connectivity index (χ1v) is 12.4. The second-order valence-corrected chi connectivity index (χ2v) is 10.5. The molecule has 0 bridgehead atoms. The maximum atomic E-state index is 13.8. The molecule has 0 saturated carbocycles. The lowest BCUT2D eigenvalue weighted by Crippen LogP contribution is -2.55. The summed E-state index contributed by atoms with van der Waals surface area (Å²) in [5, 5.41) is 3.09. The third-order valence-corrected chi connectivity index (χ3v) is 6.07. The average Bonchev–Trinajstić information content (AvgIpc) is 2.82. The molecule has 0 spiro atoms. The molecule has 0 aromatic heterocycles. The molecule has 3 aromatic rings. The zero-order chi connectivity index (χ0) is 26.3. The highest BCUT2D eigenvalue weighted by Gasteiger charge is 2.32. The molecular weight excluding hydrogens is 448 g/mol. The predicted octanol–water partition coefficient (Wildman–Crippen LogP) is 5.55. The van der Waals surface area contributed by atoms with Crippen LogP contribution in [-0.4, -0.2) is 34.9 Å². The molecule has 0 unspecified atom stereocenters. The zero-order valence-electron chi connectivity index (χ0n) is 22.3. The number of amides is 2. The Morgan fingerprint density at radius 2 is 1.56 bits per heavy atom. The summed E-state index contributed by atoms with van der Waals surface area (Å²) < 4.78 is 5.99. The Morgan fingerprint density at radius 1 is 0.889 bits per heavy atom. The van der Waals surface area contributed by atoms with Crippen molar-refractivity contribution >= 4 is 11.8 Å². The third-order valence-electron chi connectivity index (χ3n) is 6.07. The first-order valence-electron chi connectivity index (χ1n) is 12.4. The van der Waals surface area contributed by atoms with Gasteiger partial charge in [-0.05, 0) is 75.4 Å². The largest absolute Gasteiger partial charge is 0.483 e. The van der Waals surface area contributed by atoms with Crippen LogP contribution in [0.15, 0.2) is 72.8 Å². The van der Waals surface area contributed by atoms with Crippen LogP contribution in [0.25, 0.3) is 0 Å². The SMILES string of the molecule is Cc1ccc(C)c(OCC(=O)N(Cc2ccccc2C)[C@@H](Cc2ccccc2)C(=O)NC(C)(C)C)c1. The van der Waals surface area contributed by atoms with Crippen molar-refractivity contribution in [3.05, 3.63) is 101 Å². The minimum atomic E-state index is -0.694. The van der Waals surface area contributed by atoms with Crippen molar-refractivity contribution in [1.82, 2.24) is 10.2 Å². The van der Waals surface area contributed by atoms with E-state index in [0.29, 0.717) is 18.7 Å². The van der Waals surface area contributed by atoms with Crippen molar-refractivity contribution in [2.24, 2.45) is 0 Å². The van der Waals surface area contributed by atoms with E-state index >= 15 is 0 Å². The Balaban J connectivity index is 1.96. The number of nitrogens with zero attached hydrogens (tertiary/aromatic N) is 1. The standard InChI is InChI=1S/C31H38N2O3/c1-22-16-17-24(3)28(18-22)36-21-29(34)33(20-26-15-11-10-12-23(26)2)27(30(35)32-31(4,5)6)19-25-13-8-7-9-14-25/h7-18,27H,19-21H2,1-6H3,(H,32,35)/t27-/m0/s1. The molecule has 0 saturated heterocycles. The number of carbonyl (C=O) groups is 2. The number of benzene rings is 3. The number of hydrogen-bond donors (Lipinski definition) is 1. The van der Waals surface area contributed by atoms with Gasteiger partial charge in [0.05, 0.1) is 0 Å². The van der Waals surface area contributed by atoms with Crippen LogP contribution in [0.4, 0.5) is 0 Å². The van der Waals surface area contributed by atoms with Crippen LogP contribution in [0.3, 0.4) is 0 Å². The molecule has 0 aliphatic rings. The summed E-state index contributed by atoms with van der Waals surface area (Å²) >= 11 is 0. The average molecular weight is 487 g/mol. The van der Waals surface area contributed by atoms with Crippen LogP contribution in [0, 0.1) is 20.8 Å². The van der Waals surface area contributed by atoms with Gasteiger partial charge >= 0.3 is 0 Å². The zero-order valence-corrected chi connectivity index (χ0v) is 22.3. The van der Waals surface area contributed by atoms with Crippen molar-refractivity contribution in [3.63, 3.8) is 0 Å². The molecular formula is C31H38N2O3. The number of ether oxygens (including phenoxy) is 1. The Labute approximate surface area is 215 Å². The molecule has 36 heavy (non-hydrogen) atoms. The summed E-state index contributed by atoms with van der Waals surface area (Å²) in [5.41, 5.74) is 4.65. The number of hydrogen-bond acceptors (Lipinski definition) is 3. The normalized spacial score (nSPS) is 12.1. The van der Waals surface area contributed by atoms with Crippen molar-refractivity contribution in [1.29, 1.82) is 0 Å². The van der Waals surface area contributed by atoms with E-state index in [1.54, 1.807) is 4.90 Å². The first kappa shape index (κ1) is 27.0. The highest BCUT2D eigenvalue weighted by molar-refractivity contribution is 5.89. The van der Waals surface area contributed by atoms with Crippen molar-refractivity contribution in [2.75, 3.05) is 6.61 Å². The van der Waals surface area contributed by atoms with Gasteiger partial charge in [0, 0.05) is 18.5 Å². The molecule has 0 radical (unpaired) electrons. The van der Waals surface area contributed by atoms with Gasteiger partial charge in [0.1, 0.15) is 11.8 Å². The van der Waals surface area contributed by atoms with E-state index in [9.17, 15) is 9.59 Å². The fourth-order valence-electron chi connectivity index (χ4n) is 4.06. The fourth-order valence-corrected chi connectivity index (χ4v) is 4.06. The lowest BCUT2D eigenvalue weighted by molar-refractivity contribution is -0.143. The molecule has 2 amide bonds. The van der Waals surface area contributed by atoms with E-state index in [4.69, 9.17) is 4.74 Å². The van der Waals surface area contributed by atoms with Crippen molar-refractivity contribution in [3.8, 4) is 5.75 Å². The highest BCUT2D eigenvalue weighted by atomic mass is 16.5. The minimum Gasteiger partial charge on any atom is -0.483 e. The molecule has 0 heterocycles. The smallest absolute Gasteiger partial charge is 0.261 e. The topological polar surface area (TPSA) is 58.6 Å². The van der Waals surface area contributed by atoms with Gasteiger partial charge < -0.3 is 15.0 Å². The number of aryl methyl sites for hydroxylation is 3. The van der Waals surface area contributed by atoms with Crippen LogP contribution in [0.2, 0.25) is 0 Å². The molecule has 3 aromatic carbocycles. The quantitative estimate of drug-likeness (QED) is 0.432. The van der Waals surface area contributed by atoms with Gasteiger partial charge in [-0.15, -0.1) is 0 Å². The molecule has 5 nitrogen and oxygen atoms in total. The molecule has 0 fully saturated rings. The maximum Gasteiger partial charge on any atom is 0.261 e. The van der Waals surface area contributed by atoms with Gasteiger partial charge in [-0.2, -0.15) is 0 Å². The van der Waals surface area contributed by atoms with Crippen LogP contribution in [-0.2, 0) is 22.6 Å². The lowest BCUT2D eigenvalue weighted by atomic mass is 10.00. The number of rotatable bonds is 9. The molecule has 0 aliphatic carbocycles. The van der Waals surface area contributed by atoms with Gasteiger partial charge in [0.15, 0.2) is 6.61 Å². The second kappa shape index (κ2) is 11.9. The summed E-state index contributed by atoms with van der Waals surface area (Å²) in [5.74, 6) is 0.266. The van der Waals surface area contributed by atoms with Gasteiger partial charge in [-0.3, -0.25) is 9.59 Å². The summed E-state index contributed by atoms with van der Waals surface area (Å²) in [4.78, 5) is 29.0. The van der Waals surface area contributed by atoms with Crippen LogP contribution in [0.5, 0.6) is 5.75 Å². The van der Waals surface area contributed by atoms with Gasteiger partial charge in [0.2, 0.25) is 5.91 Å². The number of carbonyl (C=O) groups excluding carboxylic acids is 2. The summed E-state index contributed by atoms with van der Waals surface area (Å²) in [7, 11) is 0. The van der Waals surface area contributed by atoms with E-state index in [0.717, 1.165) is 27.8 Å². The maximum absolute atomic E-state index is 13.8. The molecule has 1 atom stereocenters. The van der Waals surface area contributed by atoms with E-state index in [-0.39, 0.29) is 18.4 Å². The fraction of sp³-hybridized carbons (Fsp3) is 0.355. The Kier molecular flexibility index (Phi) is 8.92. The van der Waals surface area contributed by atoms with E-state index < -0.39 is 11.6 Å². The third kappa shape index (κ3) is 7.70. The molecule has 0 aliphatic heterocycles. The molecule has 190 valence electrons. The Bertz CT molecular complexity index is 1180. The molecule has 1 N–H and O–H groups in total. The Morgan fingerprint density at radius 3 is 2.22 bits per heavy atom. The monoisotopic (exact) mass is 486 g/mol. The summed E-state index contributed by atoms with van der Waals surface area (Å²) in [6, 6.07) is 23.0. The van der Waals surface area contributed by atoms with E-state index in [1.807, 2.05) is 114 Å². The van der Waals surface area contributed by atoms with Gasteiger partial charge in [-0.1, -0.05) is 66.7 Å². The predicted molar refractivity (Wildman–Crippen MR) is 145 cm³/mol. The van der Waals surface area contributed by atoms with E-state index in [2.05, 4.69) is 5.32 Å². The second-order valence-electron chi connectivity index (χ2n) is 10.5. The van der Waals surface area contributed by atoms with Crippen LogP contribution < -0.4 is 10.1 Å². The van der Waals surface area contributed by atoms with Crippen molar-refractivity contribution in [2.45, 2.75) is 66.1 Å². The molecule has 5 heteroatoms. The van der Waals surface area contributed by atoms with Crippen LogP contribution in [0.1, 0.15) is 48.6 Å². The highest BCUT2D eigenvalue weighted by Crippen LogP contribution is 2.21. The Hall–Kier alpha value is -3.60. The van der Waals surface area contributed by atoms with Crippen LogP contribution >= 0.6 is 0 Å². The first-order chi connectivity index (χ1) is 17.0. The number of nitrogens with one attached hydrogen (secondary N) is 1. The van der Waals surface area contributed by atoms with Gasteiger partial charge in [-0.25, -0.2) is 0 Å². The van der Waals surface area contributed by atoms with E-state index in [1.165, 1.54) is 0 Å². The summed E-state index contributed by atoms with van der Waals surface area (Å²) in [6.45, 7) is 12.0.